The van der Waals surface area contributed by atoms with Gasteiger partial charge in [0.05, 0.1) is 5.41 Å². The maximum atomic E-state index is 6.39. The Morgan fingerprint density at radius 3 is 1.84 bits per heavy atom. The van der Waals surface area contributed by atoms with E-state index >= 15 is 0 Å². The van der Waals surface area contributed by atoms with Crippen molar-refractivity contribution in [3.05, 3.63) is 240 Å². The van der Waals surface area contributed by atoms with Crippen LogP contribution in [0.3, 0.4) is 0 Å². The van der Waals surface area contributed by atoms with Crippen molar-refractivity contribution in [3.63, 3.8) is 0 Å². The molecule has 0 radical (unpaired) electrons. The summed E-state index contributed by atoms with van der Waals surface area (Å²) in [5.41, 5.74) is 20.4. The van der Waals surface area contributed by atoms with E-state index in [0.29, 0.717) is 0 Å². The largest absolute Gasteiger partial charge is 0.455 e. The second kappa shape index (κ2) is 12.8. The molecule has 3 aliphatic carbocycles. The highest BCUT2D eigenvalue weighted by molar-refractivity contribution is 6.09. The Balaban J connectivity index is 0.926. The van der Waals surface area contributed by atoms with Crippen LogP contribution in [0.5, 0.6) is 0 Å². The summed E-state index contributed by atoms with van der Waals surface area (Å²) in [4.78, 5) is 2.33. The Kier molecular flexibility index (Phi) is 7.24. The Hall–Kier alpha value is -7.42. The number of benzene rings is 8. The average molecular weight is 740 g/mol. The minimum Gasteiger partial charge on any atom is -0.455 e. The van der Waals surface area contributed by atoms with E-state index in [2.05, 4.69) is 205 Å². The molecule has 0 amide bonds. The fourth-order valence-corrected chi connectivity index (χ4v) is 10.1. The third kappa shape index (κ3) is 4.72. The summed E-state index contributed by atoms with van der Waals surface area (Å²) < 4.78 is 6.39. The van der Waals surface area contributed by atoms with Gasteiger partial charge in [-0.25, -0.2) is 0 Å². The normalized spacial score (nSPS) is 16.1. The zero-order valence-electron chi connectivity index (χ0n) is 31.8. The van der Waals surface area contributed by atoms with Crippen LogP contribution in [0.15, 0.2) is 222 Å². The van der Waals surface area contributed by atoms with Crippen LogP contribution in [0.4, 0.5) is 17.1 Å². The molecule has 0 N–H and O–H groups in total. The van der Waals surface area contributed by atoms with E-state index in [1.807, 2.05) is 12.1 Å². The van der Waals surface area contributed by atoms with Gasteiger partial charge in [-0.15, -0.1) is 0 Å². The summed E-state index contributed by atoms with van der Waals surface area (Å²) in [7, 11) is 0. The third-order valence-electron chi connectivity index (χ3n) is 12.6. The zero-order valence-corrected chi connectivity index (χ0v) is 31.8. The van der Waals surface area contributed by atoms with Crippen molar-refractivity contribution in [2.45, 2.75) is 11.8 Å². The Labute approximate surface area is 338 Å². The van der Waals surface area contributed by atoms with Gasteiger partial charge in [-0.1, -0.05) is 164 Å². The number of nitrogens with zero attached hydrogens (tertiary/aromatic N) is 1. The molecule has 2 heteroatoms. The van der Waals surface area contributed by atoms with Crippen molar-refractivity contribution in [2.75, 3.05) is 4.90 Å². The second-order valence-electron chi connectivity index (χ2n) is 15.5. The topological polar surface area (TPSA) is 16.4 Å². The first-order chi connectivity index (χ1) is 28.8. The number of fused-ring (bicyclic) bond motifs is 12. The molecular formula is C56H37NO. The van der Waals surface area contributed by atoms with Crippen molar-refractivity contribution in [2.24, 2.45) is 0 Å². The molecule has 1 spiro atoms. The van der Waals surface area contributed by atoms with Gasteiger partial charge in [0.2, 0.25) is 0 Å². The number of furan rings is 1. The van der Waals surface area contributed by atoms with E-state index in [-0.39, 0.29) is 5.41 Å². The molecule has 1 atom stereocenters. The lowest BCUT2D eigenvalue weighted by molar-refractivity contribution is 0.670. The summed E-state index contributed by atoms with van der Waals surface area (Å²) in [6, 6.07) is 68.5. The fourth-order valence-electron chi connectivity index (χ4n) is 10.1. The molecule has 1 heterocycles. The first-order valence-corrected chi connectivity index (χ1v) is 20.1. The van der Waals surface area contributed by atoms with Crippen LogP contribution in [0, 0.1) is 0 Å². The van der Waals surface area contributed by atoms with Crippen molar-refractivity contribution >= 4 is 44.6 Å². The molecule has 0 aliphatic heterocycles. The molecule has 3 aliphatic rings. The van der Waals surface area contributed by atoms with Crippen LogP contribution in [0.2, 0.25) is 0 Å². The van der Waals surface area contributed by atoms with Gasteiger partial charge < -0.3 is 9.32 Å². The van der Waals surface area contributed by atoms with Crippen molar-refractivity contribution < 1.29 is 4.42 Å². The predicted molar refractivity (Wildman–Crippen MR) is 241 cm³/mol. The zero-order chi connectivity index (χ0) is 38.2. The summed E-state index contributed by atoms with van der Waals surface area (Å²) >= 11 is 0. The molecule has 1 aromatic heterocycles. The van der Waals surface area contributed by atoms with E-state index in [0.717, 1.165) is 56.5 Å². The molecule has 1 unspecified atom stereocenters. The lowest BCUT2D eigenvalue weighted by Crippen LogP contribution is -2.26. The van der Waals surface area contributed by atoms with Crippen LogP contribution < -0.4 is 4.90 Å². The van der Waals surface area contributed by atoms with Crippen LogP contribution >= 0.6 is 0 Å². The number of anilines is 3. The molecule has 272 valence electrons. The molecule has 0 fully saturated rings. The van der Waals surface area contributed by atoms with Gasteiger partial charge in [0.1, 0.15) is 11.2 Å². The van der Waals surface area contributed by atoms with Crippen molar-refractivity contribution in [1.82, 2.24) is 0 Å². The second-order valence-corrected chi connectivity index (χ2v) is 15.5. The maximum Gasteiger partial charge on any atom is 0.143 e. The van der Waals surface area contributed by atoms with Gasteiger partial charge in [-0.05, 0) is 116 Å². The van der Waals surface area contributed by atoms with Gasteiger partial charge in [0.25, 0.3) is 0 Å². The van der Waals surface area contributed by atoms with E-state index in [4.69, 9.17) is 4.42 Å². The minimum atomic E-state index is -0.326. The SMILES string of the molecule is C1=CCC2=C(C=C1)C1(c3ccccc32)c2ccccc2-c2cc(-c3ccc(N(c4ccccc4)c4ccc(-c5cccc6c5oc5ccccc56)cc4)cc3)ccc21. The van der Waals surface area contributed by atoms with E-state index in [1.54, 1.807) is 0 Å². The average Bonchev–Trinajstić information content (AvgIpc) is 3.82. The lowest BCUT2D eigenvalue weighted by atomic mass is 9.69. The Morgan fingerprint density at radius 1 is 0.431 bits per heavy atom. The molecule has 9 aromatic rings. The molecule has 2 nitrogen and oxygen atoms in total. The molecular weight excluding hydrogens is 703 g/mol. The van der Waals surface area contributed by atoms with Crippen LogP contribution in [0.25, 0.3) is 60.9 Å². The molecule has 8 aromatic carbocycles. The number of hydrogen-bond donors (Lipinski definition) is 0. The Morgan fingerprint density at radius 2 is 1.03 bits per heavy atom. The lowest BCUT2D eigenvalue weighted by Gasteiger charge is -2.31. The predicted octanol–water partition coefficient (Wildman–Crippen LogP) is 15.0. The molecule has 58 heavy (non-hydrogen) atoms. The summed E-state index contributed by atoms with van der Waals surface area (Å²) in [6.07, 6.45) is 10.0. The maximum absolute atomic E-state index is 6.39. The van der Waals surface area contributed by atoms with E-state index in [1.165, 1.54) is 55.7 Å². The number of allylic oxidation sites excluding steroid dienone is 6. The van der Waals surface area contributed by atoms with Crippen LogP contribution in [-0.4, -0.2) is 0 Å². The van der Waals surface area contributed by atoms with Gasteiger partial charge in [-0.3, -0.25) is 0 Å². The van der Waals surface area contributed by atoms with Gasteiger partial charge in [-0.2, -0.15) is 0 Å². The van der Waals surface area contributed by atoms with Crippen LogP contribution in [-0.2, 0) is 5.41 Å². The van der Waals surface area contributed by atoms with Gasteiger partial charge in [0.15, 0.2) is 0 Å². The number of rotatable bonds is 5. The van der Waals surface area contributed by atoms with E-state index in [9.17, 15) is 0 Å². The van der Waals surface area contributed by atoms with E-state index < -0.39 is 0 Å². The number of hydrogen-bond acceptors (Lipinski definition) is 2. The molecule has 0 saturated heterocycles. The standard InChI is InChI=1S/C56H37NO/c1-3-14-40(15-4-1)57(42-33-28-38(29-34-42)43-20-13-21-48-47-19-9-12-25-54(47)58-55(43)48)41-31-26-37(27-32-41)39-30-35-53-49(36-39)46-18-8-11-24-52(46)56(53)50-22-6-2-5-16-44(50)45-17-7-10-23-51(45)56/h1-15,17-36H,16H2. The van der Waals surface area contributed by atoms with Crippen LogP contribution in [0.1, 0.15) is 28.7 Å². The Bertz CT molecular complexity index is 3180. The highest BCUT2D eigenvalue weighted by Gasteiger charge is 2.52. The smallest absolute Gasteiger partial charge is 0.143 e. The highest BCUT2D eigenvalue weighted by atomic mass is 16.3. The van der Waals surface area contributed by atoms with Crippen molar-refractivity contribution in [1.29, 1.82) is 0 Å². The first kappa shape index (κ1) is 32.8. The minimum absolute atomic E-state index is 0.326. The molecule has 12 rings (SSSR count). The highest BCUT2D eigenvalue weighted by Crippen LogP contribution is 2.63. The summed E-state index contributed by atoms with van der Waals surface area (Å²) in [5, 5.41) is 2.28. The third-order valence-corrected chi connectivity index (χ3v) is 12.6. The summed E-state index contributed by atoms with van der Waals surface area (Å²) in [5.74, 6) is 0. The first-order valence-electron chi connectivity index (χ1n) is 20.1. The quantitative estimate of drug-likeness (QED) is 0.175. The summed E-state index contributed by atoms with van der Waals surface area (Å²) in [6.45, 7) is 0. The van der Waals surface area contributed by atoms with Gasteiger partial charge >= 0.3 is 0 Å². The monoisotopic (exact) mass is 739 g/mol. The molecule has 0 bridgehead atoms. The van der Waals surface area contributed by atoms with Gasteiger partial charge in [0, 0.05) is 33.4 Å². The fraction of sp³-hybridized carbons (Fsp3) is 0.0357. The molecule has 0 saturated carbocycles. The van der Waals surface area contributed by atoms with Crippen molar-refractivity contribution in [3.8, 4) is 33.4 Å². The number of para-hydroxylation sites is 3.